The zero-order chi connectivity index (χ0) is 47.3. The first-order valence-electron chi connectivity index (χ1n) is 24.9. The molecule has 2 saturated heterocycles. The summed E-state index contributed by atoms with van der Waals surface area (Å²) in [6, 6.07) is 0. The summed E-state index contributed by atoms with van der Waals surface area (Å²) in [4.78, 5) is 48.8. The van der Waals surface area contributed by atoms with E-state index in [0.29, 0.717) is 29.2 Å². The summed E-state index contributed by atoms with van der Waals surface area (Å²) in [5.74, 6) is -0.0117. The van der Waals surface area contributed by atoms with Crippen molar-refractivity contribution in [3.05, 3.63) is 79.5 Å². The van der Waals surface area contributed by atoms with Crippen LogP contribution >= 0.6 is 0 Å². The second kappa shape index (κ2) is 21.8. The Kier molecular flexibility index (Phi) is 16.7. The second-order valence-electron chi connectivity index (χ2n) is 20.6. The molecule has 0 aromatic carbocycles. The van der Waals surface area contributed by atoms with Gasteiger partial charge in [-0.3, -0.25) is 14.4 Å². The molecule has 0 saturated carbocycles. The minimum atomic E-state index is -1.16. The number of aromatic nitrogens is 2. The van der Waals surface area contributed by atoms with Crippen LogP contribution in [0.15, 0.2) is 34.4 Å². The Morgan fingerprint density at radius 2 is 1.38 bits per heavy atom. The van der Waals surface area contributed by atoms with Crippen LogP contribution in [0.2, 0.25) is 0 Å². The fraction of sp³-hybridized carbons (Fsp3) is 0.618. The number of nitrogens with one attached hydrogen (secondary N) is 4. The van der Waals surface area contributed by atoms with Crippen molar-refractivity contribution < 1.29 is 29.0 Å². The number of aromatic amines is 2. The van der Waals surface area contributed by atoms with Crippen molar-refractivity contribution in [2.24, 2.45) is 47.3 Å². The highest BCUT2D eigenvalue weighted by Gasteiger charge is 2.49. The zero-order valence-electron chi connectivity index (χ0n) is 41.7. The van der Waals surface area contributed by atoms with E-state index in [-0.39, 0.29) is 48.5 Å². The molecule has 1 aliphatic carbocycles. The van der Waals surface area contributed by atoms with Gasteiger partial charge in [-0.2, -0.15) is 0 Å². The van der Waals surface area contributed by atoms with E-state index in [0.717, 1.165) is 87.7 Å². The van der Waals surface area contributed by atoms with E-state index in [1.54, 1.807) is 6.92 Å². The first-order chi connectivity index (χ1) is 30.9. The maximum absolute atomic E-state index is 14.4. The molecular weight excluding hydrogens is 813 g/mol. The molecule has 65 heavy (non-hydrogen) atoms. The number of fused-ring (bicyclic) bond motifs is 7. The van der Waals surface area contributed by atoms with Crippen LogP contribution in [-0.4, -0.2) is 46.5 Å². The van der Waals surface area contributed by atoms with Gasteiger partial charge < -0.3 is 35.2 Å². The van der Waals surface area contributed by atoms with Gasteiger partial charge in [0, 0.05) is 86.7 Å². The maximum atomic E-state index is 14.4. The quantitative estimate of drug-likeness (QED) is 0.0502. The van der Waals surface area contributed by atoms with E-state index in [4.69, 9.17) is 9.47 Å². The lowest BCUT2D eigenvalue weighted by atomic mass is 9.85. The van der Waals surface area contributed by atoms with Crippen molar-refractivity contribution >= 4 is 41.5 Å². The van der Waals surface area contributed by atoms with Crippen LogP contribution in [0.1, 0.15) is 195 Å². The zero-order valence-corrected chi connectivity index (χ0v) is 41.7. The molecule has 356 valence electrons. The van der Waals surface area contributed by atoms with Gasteiger partial charge in [0.2, 0.25) is 0 Å². The third-order valence-electron chi connectivity index (χ3n) is 15.2. The molecule has 2 aromatic rings. The lowest BCUT2D eigenvalue weighted by Crippen LogP contribution is -2.25. The minimum absolute atomic E-state index is 0.124. The molecule has 3 aliphatic heterocycles. The van der Waals surface area contributed by atoms with Crippen molar-refractivity contribution in [3.63, 3.8) is 0 Å². The molecule has 5 N–H and O–H groups in total. The average Bonchev–Trinajstić information content (AvgIpc) is 4.00. The van der Waals surface area contributed by atoms with Crippen LogP contribution in [0.3, 0.4) is 0 Å². The van der Waals surface area contributed by atoms with Crippen molar-refractivity contribution in [2.45, 2.75) is 159 Å². The number of rotatable bonds is 20. The fourth-order valence-corrected chi connectivity index (χ4v) is 11.1. The Labute approximate surface area is 389 Å². The Hall–Kier alpha value is -4.57. The number of methoxy groups -OCH3 is 1. The van der Waals surface area contributed by atoms with E-state index < -0.39 is 18.0 Å². The smallest absolute Gasteiger partial charge is 0.321 e. The molecule has 6 rings (SSSR count). The van der Waals surface area contributed by atoms with Gasteiger partial charge in [-0.1, -0.05) is 99.0 Å². The lowest BCUT2D eigenvalue weighted by Gasteiger charge is -2.19. The molecule has 8 atom stereocenters. The van der Waals surface area contributed by atoms with Gasteiger partial charge in [-0.05, 0) is 107 Å². The number of aliphatic hydroxyl groups excluding tert-OH is 1. The number of hydrogen-bond donors (Lipinski definition) is 5. The third kappa shape index (κ3) is 11.2. The van der Waals surface area contributed by atoms with Gasteiger partial charge in [-0.15, -0.1) is 0 Å². The molecule has 4 aliphatic rings. The second-order valence-corrected chi connectivity index (χ2v) is 20.6. The Balaban J connectivity index is 1.21. The summed E-state index contributed by atoms with van der Waals surface area (Å²) >= 11 is 0. The molecule has 0 radical (unpaired) electrons. The first kappa shape index (κ1) is 49.9. The van der Waals surface area contributed by atoms with Crippen molar-refractivity contribution in [1.29, 1.82) is 0 Å². The van der Waals surface area contributed by atoms with E-state index in [2.05, 4.69) is 94.2 Å². The van der Waals surface area contributed by atoms with Crippen molar-refractivity contribution in [3.8, 4) is 0 Å². The molecule has 0 spiro atoms. The van der Waals surface area contributed by atoms with Crippen molar-refractivity contribution in [1.82, 2.24) is 20.6 Å². The SMILES string of the molecule is CC[C@H]1/C2=C/c3[nH]c4c(c3C)C(=O)[C@H](C(=O)OC)/C4=C3/N/C(=C\c4[nH]c(c([C@@H](C)O)c4C)/C=C(\N2)[C@@H]1C)[C@@H](C)[C@@H]3CCC(=O)OC/C=C(/C)CCC[C@H](C)CCC[C@H](C)CCCC(C)C. The number of hydrogen-bond acceptors (Lipinski definition) is 8. The molecular formula is C55H80N4O6. The number of ketones is 1. The third-order valence-corrected chi connectivity index (χ3v) is 15.2. The normalized spacial score (nSPS) is 26.4. The summed E-state index contributed by atoms with van der Waals surface area (Å²) in [6.07, 6.45) is 20.4. The van der Waals surface area contributed by atoms with Crippen LogP contribution in [-0.2, 0) is 19.1 Å². The number of H-pyrrole nitrogens is 2. The molecule has 0 unspecified atom stereocenters. The predicted octanol–water partition coefficient (Wildman–Crippen LogP) is 12.3. The highest BCUT2D eigenvalue weighted by atomic mass is 16.5. The number of Topliss-reactive ketones (excluding diaryl/α,β-unsaturated/α-hetero) is 1. The van der Waals surface area contributed by atoms with Gasteiger partial charge in [0.25, 0.3) is 0 Å². The van der Waals surface area contributed by atoms with Crippen LogP contribution in [0.4, 0.5) is 0 Å². The molecule has 5 heterocycles. The van der Waals surface area contributed by atoms with Gasteiger partial charge in [-0.25, -0.2) is 0 Å². The highest BCUT2D eigenvalue weighted by molar-refractivity contribution is 6.24. The average molecular weight is 893 g/mol. The monoisotopic (exact) mass is 893 g/mol. The van der Waals surface area contributed by atoms with E-state index >= 15 is 0 Å². The summed E-state index contributed by atoms with van der Waals surface area (Å²) in [7, 11) is 1.32. The summed E-state index contributed by atoms with van der Waals surface area (Å²) < 4.78 is 11.1. The number of allylic oxidation sites excluding steroid dienone is 5. The number of esters is 2. The minimum Gasteiger partial charge on any atom is -0.468 e. The largest absolute Gasteiger partial charge is 0.468 e. The molecule has 10 heteroatoms. The van der Waals surface area contributed by atoms with E-state index in [9.17, 15) is 19.5 Å². The maximum Gasteiger partial charge on any atom is 0.321 e. The molecule has 8 bridgehead atoms. The summed E-state index contributed by atoms with van der Waals surface area (Å²) in [5, 5.41) is 18.5. The number of carbonyl (C=O) groups is 3. The van der Waals surface area contributed by atoms with Crippen LogP contribution in [0, 0.1) is 61.2 Å². The highest BCUT2D eigenvalue weighted by Crippen LogP contribution is 2.49. The molecule has 0 amide bonds. The van der Waals surface area contributed by atoms with Gasteiger partial charge in [0.1, 0.15) is 12.5 Å². The molecule has 2 aromatic heterocycles. The van der Waals surface area contributed by atoms with Gasteiger partial charge >= 0.3 is 11.9 Å². The Morgan fingerprint density at radius 1 is 0.785 bits per heavy atom. The Morgan fingerprint density at radius 3 is 2.03 bits per heavy atom. The van der Waals surface area contributed by atoms with E-state index in [1.807, 2.05) is 19.9 Å². The predicted molar refractivity (Wildman–Crippen MR) is 263 cm³/mol. The molecule has 2 fully saturated rings. The van der Waals surface area contributed by atoms with Crippen LogP contribution in [0.5, 0.6) is 0 Å². The Bertz CT molecular complexity index is 2230. The lowest BCUT2D eigenvalue weighted by molar-refractivity contribution is -0.143. The fourth-order valence-electron chi connectivity index (χ4n) is 11.1. The van der Waals surface area contributed by atoms with Gasteiger partial charge in [0.15, 0.2) is 5.78 Å². The van der Waals surface area contributed by atoms with Crippen LogP contribution in [0.25, 0.3) is 23.8 Å². The van der Waals surface area contributed by atoms with Gasteiger partial charge in [0.05, 0.1) is 18.9 Å². The van der Waals surface area contributed by atoms with Crippen molar-refractivity contribution in [2.75, 3.05) is 13.7 Å². The topological polar surface area (TPSA) is 146 Å². The van der Waals surface area contributed by atoms with E-state index in [1.165, 1.54) is 57.6 Å². The number of ether oxygens (including phenoxy) is 2. The van der Waals surface area contributed by atoms with Crippen LogP contribution < -0.4 is 10.6 Å². The standard InChI is InChI=1S/C55H80N4O6/c1-13-39-34(7)41-29-46-48(38(11)60)36(9)43(57-46)27-42-35(8)40(52(58-42)50-51(55(63)64-12)54(62)49-37(10)44(59-53(49)50)28-45(39)56-41)23-24-47(61)65-26-25-33(6)22-16-21-32(5)20-15-19-31(4)18-14-17-30(2)3/h25,27-32,34-35,38-40,51,56-60H,13-24,26H2,1-12H3/b33-25-,41-29-,42-27-,45-28-,52-50-/t31-,32-,34-,35+,38-,39-,40+,51-/m1/s1. The summed E-state index contributed by atoms with van der Waals surface area (Å²) in [6.45, 7) is 24.0. The molecule has 10 nitrogen and oxygen atoms in total. The number of aliphatic hydroxyl groups is 1. The number of carbonyl (C=O) groups excluding carboxylic acids is 3. The summed E-state index contributed by atoms with van der Waals surface area (Å²) in [5.41, 5.74) is 11.7. The first-order valence-corrected chi connectivity index (χ1v) is 24.9.